The molecule has 1 unspecified atom stereocenters. The highest BCUT2D eigenvalue weighted by molar-refractivity contribution is 7.89. The molecule has 0 aliphatic carbocycles. The van der Waals surface area contributed by atoms with Gasteiger partial charge in [0.25, 0.3) is 0 Å². The highest BCUT2D eigenvalue weighted by Gasteiger charge is 2.35. The fourth-order valence-electron chi connectivity index (χ4n) is 2.03. The van der Waals surface area contributed by atoms with Gasteiger partial charge in [0.15, 0.2) is 11.6 Å². The third kappa shape index (κ3) is 2.48. The van der Waals surface area contributed by atoms with E-state index in [0.29, 0.717) is 0 Å². The summed E-state index contributed by atoms with van der Waals surface area (Å²) in [5.41, 5.74) is 0. The van der Waals surface area contributed by atoms with Gasteiger partial charge in [0.1, 0.15) is 6.04 Å². The van der Waals surface area contributed by atoms with E-state index in [4.69, 9.17) is 4.74 Å². The molecule has 0 bridgehead atoms. The van der Waals surface area contributed by atoms with Gasteiger partial charge in [-0.25, -0.2) is 12.8 Å². The number of ether oxygens (including phenoxy) is 1. The molecule has 0 saturated carbocycles. The molecule has 1 aromatic carbocycles. The zero-order valence-electron chi connectivity index (χ0n) is 11.1. The van der Waals surface area contributed by atoms with Crippen LogP contribution < -0.4 is 10.1 Å². The normalized spacial score (nSPS) is 20.6. The molecule has 20 heavy (non-hydrogen) atoms. The Morgan fingerprint density at radius 1 is 1.45 bits per heavy atom. The van der Waals surface area contributed by atoms with Crippen molar-refractivity contribution in [3.63, 3.8) is 0 Å². The molecular weight excluding hydrogens is 287 g/mol. The number of hydrogen-bond donors (Lipinski definition) is 1. The van der Waals surface area contributed by atoms with E-state index in [1.165, 1.54) is 26.2 Å². The van der Waals surface area contributed by atoms with E-state index in [9.17, 15) is 17.6 Å². The molecular formula is C12H15FN2O4S. The first-order valence-electron chi connectivity index (χ1n) is 6.01. The molecule has 1 aliphatic heterocycles. The molecule has 0 radical (unpaired) electrons. The van der Waals surface area contributed by atoms with E-state index >= 15 is 0 Å². The van der Waals surface area contributed by atoms with Crippen molar-refractivity contribution in [1.29, 1.82) is 0 Å². The molecule has 2 rings (SSSR count). The molecule has 0 aromatic heterocycles. The van der Waals surface area contributed by atoms with E-state index in [1.807, 2.05) is 0 Å². The standard InChI is InChI=1S/C12H15FN2O4S/c1-8-12(16)14-5-6-15(8)20(17,18)9-3-4-11(19-2)10(13)7-9/h3-4,7-8H,5-6H2,1-2H3,(H,14,16). The Labute approximate surface area is 116 Å². The molecule has 1 aromatic rings. The van der Waals surface area contributed by atoms with Gasteiger partial charge >= 0.3 is 0 Å². The lowest BCUT2D eigenvalue weighted by Crippen LogP contribution is -2.55. The van der Waals surface area contributed by atoms with Crippen LogP contribution in [0.2, 0.25) is 0 Å². The van der Waals surface area contributed by atoms with Crippen LogP contribution in [0.25, 0.3) is 0 Å². The minimum Gasteiger partial charge on any atom is -0.494 e. The third-order valence-corrected chi connectivity index (χ3v) is 5.14. The van der Waals surface area contributed by atoms with Gasteiger partial charge in [-0.2, -0.15) is 4.31 Å². The van der Waals surface area contributed by atoms with Crippen molar-refractivity contribution in [3.8, 4) is 5.75 Å². The summed E-state index contributed by atoms with van der Waals surface area (Å²) in [5.74, 6) is -1.16. The minimum absolute atomic E-state index is 0.0339. The molecule has 1 fully saturated rings. The van der Waals surface area contributed by atoms with Gasteiger partial charge in [-0.15, -0.1) is 0 Å². The summed E-state index contributed by atoms with van der Waals surface area (Å²) in [5, 5.41) is 2.58. The lowest BCUT2D eigenvalue weighted by Gasteiger charge is -2.31. The first kappa shape index (κ1) is 14.7. The van der Waals surface area contributed by atoms with Crippen LogP contribution in [0.3, 0.4) is 0 Å². The second-order valence-corrected chi connectivity index (χ2v) is 6.27. The summed E-state index contributed by atoms with van der Waals surface area (Å²) in [6, 6.07) is 2.58. The zero-order chi connectivity index (χ0) is 14.9. The van der Waals surface area contributed by atoms with Crippen LogP contribution in [-0.2, 0) is 14.8 Å². The molecule has 1 amide bonds. The van der Waals surface area contributed by atoms with Gasteiger partial charge in [0.2, 0.25) is 15.9 Å². The Bertz CT molecular complexity index is 632. The van der Waals surface area contributed by atoms with E-state index in [1.54, 1.807) is 0 Å². The molecule has 1 heterocycles. The summed E-state index contributed by atoms with van der Waals surface area (Å²) in [7, 11) is -2.62. The average molecular weight is 302 g/mol. The van der Waals surface area contributed by atoms with Gasteiger partial charge in [-0.1, -0.05) is 0 Å². The number of amides is 1. The number of sulfonamides is 1. The topological polar surface area (TPSA) is 75.7 Å². The largest absolute Gasteiger partial charge is 0.494 e. The number of carbonyl (C=O) groups excluding carboxylic acids is 1. The average Bonchev–Trinajstić information content (AvgIpc) is 2.41. The van der Waals surface area contributed by atoms with Crippen LogP contribution >= 0.6 is 0 Å². The van der Waals surface area contributed by atoms with Gasteiger partial charge in [-0.05, 0) is 25.1 Å². The molecule has 0 spiro atoms. The quantitative estimate of drug-likeness (QED) is 0.874. The number of carbonyl (C=O) groups is 1. The monoisotopic (exact) mass is 302 g/mol. The predicted octanol–water partition coefficient (Wildman–Crippen LogP) is 0.343. The molecule has 110 valence electrons. The number of hydrogen-bond acceptors (Lipinski definition) is 4. The maximum absolute atomic E-state index is 13.6. The van der Waals surface area contributed by atoms with Gasteiger partial charge < -0.3 is 10.1 Å². The molecule has 8 heteroatoms. The zero-order valence-corrected chi connectivity index (χ0v) is 11.9. The second kappa shape index (κ2) is 5.37. The number of methoxy groups -OCH3 is 1. The van der Waals surface area contributed by atoms with Crippen molar-refractivity contribution in [2.45, 2.75) is 17.9 Å². The Morgan fingerprint density at radius 2 is 2.15 bits per heavy atom. The summed E-state index contributed by atoms with van der Waals surface area (Å²) in [6.07, 6.45) is 0. The molecule has 1 atom stereocenters. The van der Waals surface area contributed by atoms with Crippen LogP contribution in [0.4, 0.5) is 4.39 Å². The predicted molar refractivity (Wildman–Crippen MR) is 69.3 cm³/mol. The van der Waals surface area contributed by atoms with Crippen LogP contribution in [-0.4, -0.2) is 44.9 Å². The lowest BCUT2D eigenvalue weighted by molar-refractivity contribution is -0.126. The lowest BCUT2D eigenvalue weighted by atomic mass is 10.2. The highest BCUT2D eigenvalue weighted by atomic mass is 32.2. The summed E-state index contributed by atoms with van der Waals surface area (Å²) in [4.78, 5) is 11.3. The molecule has 1 aliphatic rings. The van der Waals surface area contributed by atoms with Crippen molar-refractivity contribution in [3.05, 3.63) is 24.0 Å². The van der Waals surface area contributed by atoms with Crippen molar-refractivity contribution >= 4 is 15.9 Å². The first-order valence-corrected chi connectivity index (χ1v) is 7.45. The summed E-state index contributed by atoms with van der Waals surface area (Å²) >= 11 is 0. The van der Waals surface area contributed by atoms with Gasteiger partial charge in [-0.3, -0.25) is 4.79 Å². The van der Waals surface area contributed by atoms with E-state index < -0.39 is 21.9 Å². The Kier molecular flexibility index (Phi) is 3.96. The van der Waals surface area contributed by atoms with E-state index in [-0.39, 0.29) is 29.6 Å². The number of nitrogens with zero attached hydrogens (tertiary/aromatic N) is 1. The van der Waals surface area contributed by atoms with Crippen LogP contribution in [0, 0.1) is 5.82 Å². The van der Waals surface area contributed by atoms with Crippen LogP contribution in [0.5, 0.6) is 5.75 Å². The first-order chi connectivity index (χ1) is 9.37. The second-order valence-electron chi connectivity index (χ2n) is 4.38. The number of benzene rings is 1. The SMILES string of the molecule is COc1ccc(S(=O)(=O)N2CCNC(=O)C2C)cc1F. The van der Waals surface area contributed by atoms with E-state index in [2.05, 4.69) is 5.32 Å². The van der Waals surface area contributed by atoms with Crippen molar-refractivity contribution in [2.24, 2.45) is 0 Å². The maximum Gasteiger partial charge on any atom is 0.243 e. The fraction of sp³-hybridized carbons (Fsp3) is 0.417. The fourth-order valence-corrected chi connectivity index (χ4v) is 3.64. The smallest absolute Gasteiger partial charge is 0.243 e. The number of nitrogens with one attached hydrogen (secondary N) is 1. The Balaban J connectivity index is 2.39. The highest BCUT2D eigenvalue weighted by Crippen LogP contribution is 2.24. The molecule has 1 N–H and O–H groups in total. The molecule has 1 saturated heterocycles. The minimum atomic E-state index is -3.91. The van der Waals surface area contributed by atoms with Crippen molar-refractivity contribution in [2.75, 3.05) is 20.2 Å². The van der Waals surface area contributed by atoms with Crippen LogP contribution in [0.1, 0.15) is 6.92 Å². The number of halogens is 1. The maximum atomic E-state index is 13.6. The number of rotatable bonds is 3. The molecule has 6 nitrogen and oxygen atoms in total. The van der Waals surface area contributed by atoms with Crippen molar-refractivity contribution < 1.29 is 22.3 Å². The summed E-state index contributed by atoms with van der Waals surface area (Å²) < 4.78 is 44.3. The van der Waals surface area contributed by atoms with Crippen LogP contribution in [0.15, 0.2) is 23.1 Å². The van der Waals surface area contributed by atoms with Gasteiger partial charge in [0, 0.05) is 13.1 Å². The van der Waals surface area contributed by atoms with E-state index in [0.717, 1.165) is 10.4 Å². The third-order valence-electron chi connectivity index (χ3n) is 3.17. The number of piperazine rings is 1. The Morgan fingerprint density at radius 3 is 2.75 bits per heavy atom. The Hall–Kier alpha value is -1.67. The summed E-state index contributed by atoms with van der Waals surface area (Å²) in [6.45, 7) is 1.88. The van der Waals surface area contributed by atoms with Gasteiger partial charge in [0.05, 0.1) is 12.0 Å². The van der Waals surface area contributed by atoms with Crippen molar-refractivity contribution in [1.82, 2.24) is 9.62 Å².